The number of carbonyl (C=O) groups excluding carboxylic acids is 1. The van der Waals surface area contributed by atoms with Crippen LogP contribution in [-0.4, -0.2) is 29.0 Å². The third-order valence-corrected chi connectivity index (χ3v) is 4.35. The Morgan fingerprint density at radius 2 is 1.66 bits per heavy atom. The van der Waals surface area contributed by atoms with Crippen LogP contribution in [0.3, 0.4) is 0 Å². The number of carbonyl (C=O) groups is 1. The van der Waals surface area contributed by atoms with Gasteiger partial charge in [-0.05, 0) is 50.2 Å². The van der Waals surface area contributed by atoms with Gasteiger partial charge in [-0.3, -0.25) is 4.79 Å². The minimum Gasteiger partial charge on any atom is -0.372 e. The molecule has 1 heterocycles. The van der Waals surface area contributed by atoms with Crippen molar-refractivity contribution >= 4 is 28.9 Å². The average Bonchev–Trinajstić information content (AvgIpc) is 2.73. The highest BCUT2D eigenvalue weighted by molar-refractivity contribution is 6.03. The Morgan fingerprint density at radius 3 is 2.24 bits per heavy atom. The van der Waals surface area contributed by atoms with Gasteiger partial charge in [0.1, 0.15) is 11.6 Å². The van der Waals surface area contributed by atoms with Gasteiger partial charge in [0.25, 0.3) is 5.91 Å². The molecular formula is C21H21F2N5O. The average molecular weight is 397 g/mol. The topological polar surface area (TPSA) is 70.2 Å². The molecule has 2 aromatic carbocycles. The molecule has 0 spiro atoms. The maximum Gasteiger partial charge on any atom is 0.258 e. The number of rotatable bonds is 7. The summed E-state index contributed by atoms with van der Waals surface area (Å²) >= 11 is 0. The van der Waals surface area contributed by atoms with Gasteiger partial charge in [-0.15, -0.1) is 0 Å². The highest BCUT2D eigenvalue weighted by atomic mass is 19.1. The molecule has 8 heteroatoms. The summed E-state index contributed by atoms with van der Waals surface area (Å²) in [5, 5.41) is 5.43. The van der Waals surface area contributed by atoms with E-state index >= 15 is 0 Å². The minimum absolute atomic E-state index is 0.119. The van der Waals surface area contributed by atoms with Crippen molar-refractivity contribution < 1.29 is 13.6 Å². The van der Waals surface area contributed by atoms with E-state index in [0.29, 0.717) is 12.0 Å². The lowest BCUT2D eigenvalue weighted by molar-refractivity contribution is 0.102. The molecule has 1 aromatic heterocycles. The first-order valence-electron chi connectivity index (χ1n) is 9.20. The molecular weight excluding hydrogens is 376 g/mol. The Balaban J connectivity index is 1.64. The van der Waals surface area contributed by atoms with Gasteiger partial charge in [-0.2, -0.15) is 0 Å². The molecule has 0 saturated carbocycles. The molecule has 0 unspecified atom stereocenters. The van der Waals surface area contributed by atoms with Gasteiger partial charge in [0.15, 0.2) is 0 Å². The van der Waals surface area contributed by atoms with Crippen LogP contribution in [0.1, 0.15) is 24.2 Å². The van der Waals surface area contributed by atoms with E-state index in [0.717, 1.165) is 36.6 Å². The fourth-order valence-electron chi connectivity index (χ4n) is 2.77. The zero-order valence-electron chi connectivity index (χ0n) is 16.1. The van der Waals surface area contributed by atoms with Gasteiger partial charge in [0, 0.05) is 42.9 Å². The second kappa shape index (κ2) is 9.09. The smallest absolute Gasteiger partial charge is 0.258 e. The summed E-state index contributed by atoms with van der Waals surface area (Å²) in [6.07, 6.45) is 2.66. The molecule has 29 heavy (non-hydrogen) atoms. The van der Waals surface area contributed by atoms with Crippen molar-refractivity contribution in [1.29, 1.82) is 0 Å². The van der Waals surface area contributed by atoms with E-state index in [-0.39, 0.29) is 11.3 Å². The molecule has 0 aliphatic rings. The molecule has 3 rings (SSSR count). The normalized spacial score (nSPS) is 10.5. The van der Waals surface area contributed by atoms with Gasteiger partial charge in [-0.1, -0.05) is 0 Å². The number of nitrogens with zero attached hydrogens (tertiary/aromatic N) is 3. The fourth-order valence-corrected chi connectivity index (χ4v) is 2.77. The van der Waals surface area contributed by atoms with Gasteiger partial charge in [-0.25, -0.2) is 18.7 Å². The quantitative estimate of drug-likeness (QED) is 0.610. The van der Waals surface area contributed by atoms with E-state index in [1.165, 1.54) is 12.4 Å². The Hall–Kier alpha value is -3.55. The first-order valence-corrected chi connectivity index (χ1v) is 9.20. The molecule has 1 amide bonds. The highest BCUT2D eigenvalue weighted by Gasteiger charge is 2.11. The summed E-state index contributed by atoms with van der Waals surface area (Å²) in [7, 11) is 0. The number of aromatic nitrogens is 2. The Morgan fingerprint density at radius 1 is 1.00 bits per heavy atom. The van der Waals surface area contributed by atoms with Crippen LogP contribution in [0.5, 0.6) is 0 Å². The molecule has 0 aliphatic carbocycles. The predicted molar refractivity (Wildman–Crippen MR) is 110 cm³/mol. The number of nitrogens with one attached hydrogen (secondary N) is 2. The van der Waals surface area contributed by atoms with E-state index in [1.807, 2.05) is 24.3 Å². The molecule has 0 saturated heterocycles. The minimum atomic E-state index is -0.856. The van der Waals surface area contributed by atoms with E-state index in [9.17, 15) is 13.6 Å². The van der Waals surface area contributed by atoms with Gasteiger partial charge < -0.3 is 15.5 Å². The van der Waals surface area contributed by atoms with E-state index in [4.69, 9.17) is 0 Å². The lowest BCUT2D eigenvalue weighted by Gasteiger charge is -2.21. The summed E-state index contributed by atoms with van der Waals surface area (Å²) < 4.78 is 26.6. The van der Waals surface area contributed by atoms with Crippen molar-refractivity contribution in [3.63, 3.8) is 0 Å². The monoisotopic (exact) mass is 397 g/mol. The summed E-state index contributed by atoms with van der Waals surface area (Å²) in [5.41, 5.74) is 1.97. The van der Waals surface area contributed by atoms with E-state index < -0.39 is 17.5 Å². The van der Waals surface area contributed by atoms with Crippen LogP contribution in [0.25, 0.3) is 0 Å². The van der Waals surface area contributed by atoms with Crippen LogP contribution in [-0.2, 0) is 0 Å². The SMILES string of the molecule is CCN(CC)c1ccc(Nc2ncc(C(=O)Nc3ccc(F)cc3F)cn2)cc1. The van der Waals surface area contributed by atoms with Gasteiger partial charge in [0.2, 0.25) is 5.95 Å². The molecule has 150 valence electrons. The number of hydrogen-bond acceptors (Lipinski definition) is 5. The molecule has 0 aliphatic heterocycles. The van der Waals surface area contributed by atoms with Crippen LogP contribution < -0.4 is 15.5 Å². The van der Waals surface area contributed by atoms with Crippen LogP contribution in [0.4, 0.5) is 31.8 Å². The van der Waals surface area contributed by atoms with Crippen LogP contribution in [0.2, 0.25) is 0 Å². The Labute approximate surface area is 167 Å². The van der Waals surface area contributed by atoms with Crippen molar-refractivity contribution in [2.24, 2.45) is 0 Å². The molecule has 0 radical (unpaired) electrons. The van der Waals surface area contributed by atoms with Crippen molar-refractivity contribution in [2.75, 3.05) is 28.6 Å². The maximum atomic E-state index is 13.7. The van der Waals surface area contributed by atoms with Crippen molar-refractivity contribution in [3.8, 4) is 0 Å². The van der Waals surface area contributed by atoms with Crippen LogP contribution in [0, 0.1) is 11.6 Å². The maximum absolute atomic E-state index is 13.7. The standard InChI is InChI=1S/C21H21F2N5O/c1-3-28(4-2)17-8-6-16(7-9-17)26-21-24-12-14(13-25-21)20(29)27-19-10-5-15(22)11-18(19)23/h5-13H,3-4H2,1-2H3,(H,27,29)(H,24,25,26). The van der Waals surface area contributed by atoms with Crippen LogP contribution in [0.15, 0.2) is 54.9 Å². The van der Waals surface area contributed by atoms with E-state index in [2.05, 4.69) is 39.3 Å². The third kappa shape index (κ3) is 5.04. The van der Waals surface area contributed by atoms with Gasteiger partial charge in [0.05, 0.1) is 11.3 Å². The molecule has 3 aromatic rings. The number of amides is 1. The van der Waals surface area contributed by atoms with Crippen molar-refractivity contribution in [2.45, 2.75) is 13.8 Å². The molecule has 2 N–H and O–H groups in total. The summed E-state index contributed by atoms with van der Waals surface area (Å²) in [6, 6.07) is 10.8. The molecule has 6 nitrogen and oxygen atoms in total. The zero-order valence-corrected chi connectivity index (χ0v) is 16.1. The zero-order chi connectivity index (χ0) is 20.8. The summed E-state index contributed by atoms with van der Waals surface area (Å²) in [5.74, 6) is -1.84. The first-order chi connectivity index (χ1) is 14.0. The lowest BCUT2D eigenvalue weighted by Crippen LogP contribution is -2.21. The number of anilines is 4. The number of hydrogen-bond donors (Lipinski definition) is 2. The molecule has 0 atom stereocenters. The van der Waals surface area contributed by atoms with Crippen molar-refractivity contribution in [3.05, 3.63) is 72.1 Å². The second-order valence-corrected chi connectivity index (χ2v) is 6.22. The summed E-state index contributed by atoms with van der Waals surface area (Å²) in [4.78, 5) is 22.7. The Kier molecular flexibility index (Phi) is 6.33. The Bertz CT molecular complexity index is 973. The highest BCUT2D eigenvalue weighted by Crippen LogP contribution is 2.20. The lowest BCUT2D eigenvalue weighted by atomic mass is 10.2. The second-order valence-electron chi connectivity index (χ2n) is 6.22. The fraction of sp³-hybridized carbons (Fsp3) is 0.190. The third-order valence-electron chi connectivity index (χ3n) is 4.35. The number of halogens is 2. The number of benzene rings is 2. The largest absolute Gasteiger partial charge is 0.372 e. The van der Waals surface area contributed by atoms with Gasteiger partial charge >= 0.3 is 0 Å². The van der Waals surface area contributed by atoms with Crippen LogP contribution >= 0.6 is 0 Å². The molecule has 0 bridgehead atoms. The first kappa shape index (κ1) is 20.2. The molecule has 0 fully saturated rings. The predicted octanol–water partition coefficient (Wildman–Crippen LogP) is 4.60. The van der Waals surface area contributed by atoms with E-state index in [1.54, 1.807) is 0 Å². The van der Waals surface area contributed by atoms with Crippen molar-refractivity contribution in [1.82, 2.24) is 9.97 Å². The summed E-state index contributed by atoms with van der Waals surface area (Å²) in [6.45, 7) is 6.06.